The highest BCUT2D eigenvalue weighted by molar-refractivity contribution is 5.84. The summed E-state index contributed by atoms with van der Waals surface area (Å²) in [6, 6.07) is -0.309. The molecule has 0 atom stereocenters. The van der Waals surface area contributed by atoms with Gasteiger partial charge in [0.1, 0.15) is 5.82 Å². The summed E-state index contributed by atoms with van der Waals surface area (Å²) in [4.78, 5) is 30.0. The molecule has 0 aromatic carbocycles. The van der Waals surface area contributed by atoms with Crippen molar-refractivity contribution in [3.8, 4) is 0 Å². The summed E-state index contributed by atoms with van der Waals surface area (Å²) in [5.74, 6) is -0.319. The Hall–Kier alpha value is -2.84. The molecular formula is C12H16N6O3. The van der Waals surface area contributed by atoms with Crippen molar-refractivity contribution in [2.75, 3.05) is 6.54 Å². The first-order chi connectivity index (χ1) is 10.1. The summed E-state index contributed by atoms with van der Waals surface area (Å²) in [6.45, 7) is 1.14. The summed E-state index contributed by atoms with van der Waals surface area (Å²) in [5, 5.41) is 14.1. The van der Waals surface area contributed by atoms with Crippen LogP contribution in [0.2, 0.25) is 0 Å². The summed E-state index contributed by atoms with van der Waals surface area (Å²) < 4.78 is 3.42. The van der Waals surface area contributed by atoms with E-state index in [1.165, 1.54) is 12.5 Å². The van der Waals surface area contributed by atoms with Crippen molar-refractivity contribution in [2.24, 2.45) is 7.05 Å². The van der Waals surface area contributed by atoms with E-state index < -0.39 is 5.97 Å². The molecule has 21 heavy (non-hydrogen) atoms. The van der Waals surface area contributed by atoms with Crippen LogP contribution in [0.25, 0.3) is 0 Å². The molecule has 0 aliphatic carbocycles. The molecule has 9 nitrogen and oxygen atoms in total. The first-order valence-corrected chi connectivity index (χ1v) is 6.29. The largest absolute Gasteiger partial charge is 0.476 e. The summed E-state index contributed by atoms with van der Waals surface area (Å²) in [5.41, 5.74) is -0.0192. The molecule has 0 fully saturated rings. The number of aryl methyl sites for hydroxylation is 1. The molecule has 112 valence electrons. The number of imidazole rings is 2. The van der Waals surface area contributed by atoms with Gasteiger partial charge in [-0.05, 0) is 0 Å². The maximum absolute atomic E-state index is 11.6. The summed E-state index contributed by atoms with van der Waals surface area (Å²) in [6.07, 6.45) is 6.29. The van der Waals surface area contributed by atoms with Gasteiger partial charge in [0.2, 0.25) is 0 Å². The smallest absolute Gasteiger partial charge is 0.356 e. The zero-order valence-electron chi connectivity index (χ0n) is 11.5. The van der Waals surface area contributed by atoms with Gasteiger partial charge in [-0.15, -0.1) is 0 Å². The molecule has 0 spiro atoms. The van der Waals surface area contributed by atoms with Gasteiger partial charge < -0.3 is 24.9 Å². The van der Waals surface area contributed by atoms with Gasteiger partial charge in [0.15, 0.2) is 5.69 Å². The Morgan fingerprint density at radius 3 is 2.76 bits per heavy atom. The van der Waals surface area contributed by atoms with Crippen LogP contribution in [0.1, 0.15) is 16.3 Å². The number of carbonyl (C=O) groups excluding carboxylic acids is 1. The molecule has 0 saturated carbocycles. The van der Waals surface area contributed by atoms with Crippen molar-refractivity contribution >= 4 is 12.0 Å². The van der Waals surface area contributed by atoms with E-state index in [0.717, 1.165) is 5.82 Å². The van der Waals surface area contributed by atoms with Crippen LogP contribution < -0.4 is 10.6 Å². The molecule has 2 aromatic heterocycles. The number of carbonyl (C=O) groups is 2. The Balaban J connectivity index is 1.69. The van der Waals surface area contributed by atoms with Crippen LogP contribution in [-0.2, 0) is 20.1 Å². The molecule has 2 rings (SSSR count). The second-order valence-electron chi connectivity index (χ2n) is 4.37. The minimum Gasteiger partial charge on any atom is -0.476 e. The molecule has 9 heteroatoms. The Bertz CT molecular complexity index is 632. The maximum Gasteiger partial charge on any atom is 0.356 e. The number of carboxylic acid groups (broad SMARTS) is 1. The van der Waals surface area contributed by atoms with Crippen LogP contribution in [-0.4, -0.2) is 42.8 Å². The standard InChI is InChI=1S/C12H16N6O3/c1-17-4-2-13-10(17)6-15-12(21)14-3-5-18-7-9(11(19)20)16-8-18/h2,4,7-8H,3,5-6H2,1H3,(H,19,20)(H2,14,15,21). The Morgan fingerprint density at radius 2 is 2.14 bits per heavy atom. The average molecular weight is 292 g/mol. The van der Waals surface area contributed by atoms with Crippen LogP contribution in [0.4, 0.5) is 4.79 Å². The second-order valence-corrected chi connectivity index (χ2v) is 4.37. The normalized spacial score (nSPS) is 10.3. The van der Waals surface area contributed by atoms with E-state index in [-0.39, 0.29) is 11.7 Å². The number of nitrogens with zero attached hydrogens (tertiary/aromatic N) is 4. The van der Waals surface area contributed by atoms with E-state index in [1.54, 1.807) is 17.0 Å². The van der Waals surface area contributed by atoms with Gasteiger partial charge >= 0.3 is 12.0 Å². The first kappa shape index (κ1) is 14.6. The van der Waals surface area contributed by atoms with E-state index in [9.17, 15) is 9.59 Å². The van der Waals surface area contributed by atoms with Gasteiger partial charge in [0.25, 0.3) is 0 Å². The second kappa shape index (κ2) is 6.55. The van der Waals surface area contributed by atoms with Crippen LogP contribution in [0.5, 0.6) is 0 Å². The highest BCUT2D eigenvalue weighted by Crippen LogP contribution is 1.95. The Labute approximate surface area is 120 Å². The third-order valence-electron chi connectivity index (χ3n) is 2.84. The average Bonchev–Trinajstić information content (AvgIpc) is 3.06. The zero-order valence-corrected chi connectivity index (χ0v) is 11.5. The number of carboxylic acids is 1. The monoisotopic (exact) mass is 292 g/mol. The number of hydrogen-bond donors (Lipinski definition) is 3. The first-order valence-electron chi connectivity index (χ1n) is 6.29. The van der Waals surface area contributed by atoms with Crippen LogP contribution in [0.15, 0.2) is 24.9 Å². The van der Waals surface area contributed by atoms with Crippen LogP contribution in [0.3, 0.4) is 0 Å². The van der Waals surface area contributed by atoms with Crippen molar-refractivity contribution in [3.63, 3.8) is 0 Å². The number of hydrogen-bond acceptors (Lipinski definition) is 4. The molecule has 3 N–H and O–H groups in total. The lowest BCUT2D eigenvalue weighted by Gasteiger charge is -2.07. The maximum atomic E-state index is 11.6. The Kier molecular flexibility index (Phi) is 4.54. The number of aromatic carboxylic acids is 1. The summed E-state index contributed by atoms with van der Waals surface area (Å²) >= 11 is 0. The molecular weight excluding hydrogens is 276 g/mol. The van der Waals surface area contributed by atoms with E-state index >= 15 is 0 Å². The van der Waals surface area contributed by atoms with E-state index in [0.29, 0.717) is 19.6 Å². The van der Waals surface area contributed by atoms with Crippen molar-refractivity contribution in [1.29, 1.82) is 0 Å². The van der Waals surface area contributed by atoms with E-state index in [2.05, 4.69) is 20.6 Å². The van der Waals surface area contributed by atoms with Gasteiger partial charge in [-0.25, -0.2) is 19.6 Å². The number of nitrogens with one attached hydrogen (secondary N) is 2. The number of rotatable bonds is 6. The number of aromatic nitrogens is 4. The third kappa shape index (κ3) is 4.06. The Morgan fingerprint density at radius 1 is 1.33 bits per heavy atom. The van der Waals surface area contributed by atoms with E-state index in [4.69, 9.17) is 5.11 Å². The summed E-state index contributed by atoms with van der Waals surface area (Å²) in [7, 11) is 1.85. The minimum atomic E-state index is -1.07. The lowest BCUT2D eigenvalue weighted by molar-refractivity contribution is 0.0691. The lowest BCUT2D eigenvalue weighted by Crippen LogP contribution is -2.37. The molecule has 0 bridgehead atoms. The van der Waals surface area contributed by atoms with Gasteiger partial charge in [0.05, 0.1) is 12.9 Å². The molecule has 0 aliphatic heterocycles. The third-order valence-corrected chi connectivity index (χ3v) is 2.84. The molecule has 0 radical (unpaired) electrons. The fraction of sp³-hybridized carbons (Fsp3) is 0.333. The van der Waals surface area contributed by atoms with Gasteiger partial charge in [-0.2, -0.15) is 0 Å². The van der Waals surface area contributed by atoms with Gasteiger partial charge in [-0.1, -0.05) is 0 Å². The van der Waals surface area contributed by atoms with Crippen molar-refractivity contribution in [3.05, 3.63) is 36.4 Å². The SMILES string of the molecule is Cn1ccnc1CNC(=O)NCCn1cnc(C(=O)O)c1. The zero-order chi connectivity index (χ0) is 15.2. The van der Waals surface area contributed by atoms with Gasteiger partial charge in [0, 0.05) is 38.7 Å². The number of amides is 2. The number of urea groups is 1. The molecule has 2 aromatic rings. The topological polar surface area (TPSA) is 114 Å². The fourth-order valence-electron chi connectivity index (χ4n) is 1.68. The molecule has 2 amide bonds. The fourth-order valence-corrected chi connectivity index (χ4v) is 1.68. The molecule has 0 aliphatic rings. The molecule has 0 unspecified atom stereocenters. The van der Waals surface area contributed by atoms with Crippen molar-refractivity contribution in [2.45, 2.75) is 13.1 Å². The predicted molar refractivity (Wildman–Crippen MR) is 72.6 cm³/mol. The van der Waals surface area contributed by atoms with Crippen molar-refractivity contribution in [1.82, 2.24) is 29.7 Å². The van der Waals surface area contributed by atoms with Crippen LogP contribution in [0, 0.1) is 0 Å². The quantitative estimate of drug-likeness (QED) is 0.683. The molecule has 2 heterocycles. The van der Waals surface area contributed by atoms with E-state index in [1.807, 2.05) is 11.6 Å². The lowest BCUT2D eigenvalue weighted by atomic mass is 10.5. The van der Waals surface area contributed by atoms with Gasteiger partial charge in [-0.3, -0.25) is 0 Å². The minimum absolute atomic E-state index is 0.0192. The predicted octanol–water partition coefficient (Wildman–Crippen LogP) is -0.186. The van der Waals surface area contributed by atoms with Crippen LogP contribution >= 0.6 is 0 Å². The van der Waals surface area contributed by atoms with Crippen molar-refractivity contribution < 1.29 is 14.7 Å². The highest BCUT2D eigenvalue weighted by atomic mass is 16.4. The molecule has 0 saturated heterocycles. The highest BCUT2D eigenvalue weighted by Gasteiger charge is 2.07.